The van der Waals surface area contributed by atoms with Gasteiger partial charge in [0.2, 0.25) is 5.91 Å². The van der Waals surface area contributed by atoms with Gasteiger partial charge in [-0.05, 0) is 88.8 Å². The molecule has 1 heterocycles. The fraction of sp³-hybridized carbons (Fsp3) is 0.500. The van der Waals surface area contributed by atoms with Gasteiger partial charge in [0, 0.05) is 50.3 Å². The highest BCUT2D eigenvalue weighted by Gasteiger charge is 2.27. The second kappa shape index (κ2) is 13.7. The van der Waals surface area contributed by atoms with E-state index >= 15 is 0 Å². The zero-order valence-electron chi connectivity index (χ0n) is 24.7. The molecule has 1 aliphatic carbocycles. The Morgan fingerprint density at radius 2 is 1.52 bits per heavy atom. The minimum atomic E-state index is -1.01. The van der Waals surface area contributed by atoms with Crippen LogP contribution in [0.2, 0.25) is 0 Å². The number of amides is 3. The van der Waals surface area contributed by atoms with Gasteiger partial charge in [-0.2, -0.15) is 0 Å². The third kappa shape index (κ3) is 8.47. The van der Waals surface area contributed by atoms with Crippen LogP contribution in [0.25, 0.3) is 11.1 Å². The van der Waals surface area contributed by atoms with Gasteiger partial charge in [-0.25, -0.2) is 9.59 Å². The van der Waals surface area contributed by atoms with E-state index in [9.17, 15) is 24.3 Å². The van der Waals surface area contributed by atoms with Crippen molar-refractivity contribution in [3.63, 3.8) is 0 Å². The second-order valence-corrected chi connectivity index (χ2v) is 11.8. The molecule has 1 saturated heterocycles. The third-order valence-electron chi connectivity index (χ3n) is 7.42. The van der Waals surface area contributed by atoms with Crippen LogP contribution in [-0.2, 0) is 9.53 Å². The van der Waals surface area contributed by atoms with E-state index in [1.807, 2.05) is 20.8 Å². The standard InChI is InChI=1S/C32H41N3O7/c1-32(2,3)42-31(40)35-19-17-34(18-20-35)28(36)9-6-16-33-29(37)23-12-10-22(11-13-23)26-21-24(30(38)39)14-15-27(26)41-25-7-4-5-8-25/h10-15,21,25H,4-9,16-20H2,1-3H3,(H,33,37)(H,38,39). The minimum absolute atomic E-state index is 0.00309. The van der Waals surface area contributed by atoms with Crippen molar-refractivity contribution in [2.75, 3.05) is 32.7 Å². The lowest BCUT2D eigenvalue weighted by Gasteiger charge is -2.35. The van der Waals surface area contributed by atoms with Crippen molar-refractivity contribution < 1.29 is 33.8 Å². The molecular weight excluding hydrogens is 538 g/mol. The van der Waals surface area contributed by atoms with Crippen LogP contribution in [0.5, 0.6) is 5.75 Å². The lowest BCUT2D eigenvalue weighted by atomic mass is 10.00. The average molecular weight is 580 g/mol. The maximum absolute atomic E-state index is 12.7. The molecule has 2 aliphatic rings. The summed E-state index contributed by atoms with van der Waals surface area (Å²) < 4.78 is 11.6. The molecule has 1 saturated carbocycles. The number of nitrogens with one attached hydrogen (secondary N) is 1. The van der Waals surface area contributed by atoms with Gasteiger partial charge in [0.05, 0.1) is 11.7 Å². The van der Waals surface area contributed by atoms with Crippen molar-refractivity contribution in [1.29, 1.82) is 0 Å². The molecule has 3 amide bonds. The molecule has 226 valence electrons. The second-order valence-electron chi connectivity index (χ2n) is 11.8. The smallest absolute Gasteiger partial charge is 0.410 e. The number of benzene rings is 2. The van der Waals surface area contributed by atoms with Gasteiger partial charge in [0.25, 0.3) is 5.91 Å². The van der Waals surface area contributed by atoms with Gasteiger partial charge in [-0.3, -0.25) is 9.59 Å². The van der Waals surface area contributed by atoms with Gasteiger partial charge in [0.15, 0.2) is 0 Å². The minimum Gasteiger partial charge on any atom is -0.490 e. The number of nitrogens with zero attached hydrogens (tertiary/aromatic N) is 2. The number of carbonyl (C=O) groups excluding carboxylic acids is 3. The number of piperazine rings is 1. The first-order chi connectivity index (χ1) is 20.0. The summed E-state index contributed by atoms with van der Waals surface area (Å²) in [7, 11) is 0. The van der Waals surface area contributed by atoms with E-state index in [0.29, 0.717) is 62.4 Å². The number of rotatable bonds is 9. The van der Waals surface area contributed by atoms with Gasteiger partial charge >= 0.3 is 12.1 Å². The van der Waals surface area contributed by atoms with E-state index in [1.54, 1.807) is 52.3 Å². The first kappa shape index (κ1) is 30.9. The van der Waals surface area contributed by atoms with Crippen LogP contribution < -0.4 is 10.1 Å². The molecule has 0 atom stereocenters. The molecule has 4 rings (SSSR count). The highest BCUT2D eigenvalue weighted by molar-refractivity contribution is 5.95. The molecular formula is C32H41N3O7. The maximum atomic E-state index is 12.7. The number of carboxylic acids is 1. The summed E-state index contributed by atoms with van der Waals surface area (Å²) in [5, 5.41) is 12.3. The Kier molecular flexibility index (Phi) is 10.1. The third-order valence-corrected chi connectivity index (χ3v) is 7.42. The van der Waals surface area contributed by atoms with Crippen molar-refractivity contribution in [3.8, 4) is 16.9 Å². The number of ether oxygens (including phenoxy) is 2. The van der Waals surface area contributed by atoms with Gasteiger partial charge in [0.1, 0.15) is 11.4 Å². The normalized spacial score (nSPS) is 15.8. The molecule has 2 aromatic rings. The molecule has 0 bridgehead atoms. The fourth-order valence-corrected chi connectivity index (χ4v) is 5.14. The molecule has 0 aromatic heterocycles. The monoisotopic (exact) mass is 579 g/mol. The Labute approximate surface area is 247 Å². The molecule has 1 aliphatic heterocycles. The van der Waals surface area contributed by atoms with Crippen LogP contribution in [-0.4, -0.2) is 83.2 Å². The maximum Gasteiger partial charge on any atom is 0.410 e. The molecule has 42 heavy (non-hydrogen) atoms. The zero-order valence-corrected chi connectivity index (χ0v) is 24.7. The average Bonchev–Trinajstić information content (AvgIpc) is 3.47. The van der Waals surface area contributed by atoms with Crippen molar-refractivity contribution in [3.05, 3.63) is 53.6 Å². The molecule has 0 spiro atoms. The van der Waals surface area contributed by atoms with Gasteiger partial charge < -0.3 is 29.7 Å². The molecule has 0 unspecified atom stereocenters. The SMILES string of the molecule is CC(C)(C)OC(=O)N1CCN(C(=O)CCCNC(=O)c2ccc(-c3cc(C(=O)O)ccc3OC3CCCC3)cc2)CC1. The van der Waals surface area contributed by atoms with Crippen LogP contribution in [0.3, 0.4) is 0 Å². The Morgan fingerprint density at radius 3 is 2.14 bits per heavy atom. The zero-order chi connectivity index (χ0) is 30.3. The topological polar surface area (TPSA) is 125 Å². The van der Waals surface area contributed by atoms with Crippen molar-refractivity contribution in [2.45, 2.75) is 71.0 Å². The van der Waals surface area contributed by atoms with Crippen molar-refractivity contribution in [2.24, 2.45) is 0 Å². The molecule has 10 nitrogen and oxygen atoms in total. The first-order valence-corrected chi connectivity index (χ1v) is 14.7. The molecule has 2 N–H and O–H groups in total. The molecule has 0 radical (unpaired) electrons. The number of carbonyl (C=O) groups is 4. The van der Waals surface area contributed by atoms with Crippen LogP contribution in [0.15, 0.2) is 42.5 Å². The Hall–Kier alpha value is -4.08. The summed E-state index contributed by atoms with van der Waals surface area (Å²) in [5.41, 5.74) is 1.53. The Bertz CT molecular complexity index is 1270. The summed E-state index contributed by atoms with van der Waals surface area (Å²) >= 11 is 0. The molecule has 10 heteroatoms. The largest absolute Gasteiger partial charge is 0.490 e. The summed E-state index contributed by atoms with van der Waals surface area (Å²) in [6.45, 7) is 7.60. The van der Waals surface area contributed by atoms with Gasteiger partial charge in [-0.15, -0.1) is 0 Å². The molecule has 2 aromatic carbocycles. The van der Waals surface area contributed by atoms with Gasteiger partial charge in [-0.1, -0.05) is 12.1 Å². The summed E-state index contributed by atoms with van der Waals surface area (Å²) in [5.74, 6) is -0.625. The van der Waals surface area contributed by atoms with Crippen LogP contribution in [0.1, 0.15) is 80.0 Å². The quantitative estimate of drug-likeness (QED) is 0.402. The number of carboxylic acid groups (broad SMARTS) is 1. The van der Waals surface area contributed by atoms with Crippen molar-refractivity contribution >= 4 is 23.9 Å². The van der Waals surface area contributed by atoms with Crippen LogP contribution in [0.4, 0.5) is 4.79 Å². The van der Waals surface area contributed by atoms with E-state index in [2.05, 4.69) is 5.32 Å². The van der Waals surface area contributed by atoms with E-state index in [1.165, 1.54) is 0 Å². The lowest BCUT2D eigenvalue weighted by Crippen LogP contribution is -2.51. The number of hydrogen-bond acceptors (Lipinski definition) is 6. The van der Waals surface area contributed by atoms with Crippen LogP contribution in [0, 0.1) is 0 Å². The summed E-state index contributed by atoms with van der Waals surface area (Å²) in [6, 6.07) is 11.8. The first-order valence-electron chi connectivity index (χ1n) is 14.7. The predicted molar refractivity (Wildman–Crippen MR) is 158 cm³/mol. The summed E-state index contributed by atoms with van der Waals surface area (Å²) in [4.78, 5) is 52.5. The predicted octanol–water partition coefficient (Wildman–Crippen LogP) is 4.96. The van der Waals surface area contributed by atoms with E-state index in [0.717, 1.165) is 31.2 Å². The van der Waals surface area contributed by atoms with Crippen LogP contribution >= 0.6 is 0 Å². The van der Waals surface area contributed by atoms with E-state index in [-0.39, 0.29) is 29.6 Å². The highest BCUT2D eigenvalue weighted by Crippen LogP contribution is 2.34. The highest BCUT2D eigenvalue weighted by atomic mass is 16.6. The molecule has 2 fully saturated rings. The van der Waals surface area contributed by atoms with Crippen molar-refractivity contribution in [1.82, 2.24) is 15.1 Å². The van der Waals surface area contributed by atoms with E-state index in [4.69, 9.17) is 9.47 Å². The number of hydrogen-bond donors (Lipinski definition) is 2. The fourth-order valence-electron chi connectivity index (χ4n) is 5.14. The van der Waals surface area contributed by atoms with E-state index < -0.39 is 11.6 Å². The Balaban J connectivity index is 1.25. The lowest BCUT2D eigenvalue weighted by molar-refractivity contribution is -0.133. The summed E-state index contributed by atoms with van der Waals surface area (Å²) in [6.07, 6.45) is 4.77. The number of aromatic carboxylic acids is 1. The Morgan fingerprint density at radius 1 is 0.905 bits per heavy atom.